The molecular formula is C20H19FN4O2. The van der Waals surface area contributed by atoms with E-state index < -0.39 is 0 Å². The van der Waals surface area contributed by atoms with Gasteiger partial charge in [-0.1, -0.05) is 26.0 Å². The molecule has 0 saturated carbocycles. The summed E-state index contributed by atoms with van der Waals surface area (Å²) in [5, 5.41) is 7.11. The maximum atomic E-state index is 13.0. The van der Waals surface area contributed by atoms with Gasteiger partial charge in [0.1, 0.15) is 11.4 Å². The zero-order valence-electron chi connectivity index (χ0n) is 15.1. The van der Waals surface area contributed by atoms with Crippen LogP contribution in [0.1, 0.15) is 52.2 Å². The fourth-order valence-electron chi connectivity index (χ4n) is 3.47. The second-order valence-corrected chi connectivity index (χ2v) is 7.66. The van der Waals surface area contributed by atoms with Crippen molar-refractivity contribution in [2.75, 3.05) is 0 Å². The Bertz CT molecular complexity index is 1050. The Morgan fingerprint density at radius 3 is 2.70 bits per heavy atom. The van der Waals surface area contributed by atoms with Gasteiger partial charge in [-0.2, -0.15) is 5.10 Å². The van der Waals surface area contributed by atoms with Gasteiger partial charge < -0.3 is 5.32 Å². The second-order valence-electron chi connectivity index (χ2n) is 7.66. The fourth-order valence-corrected chi connectivity index (χ4v) is 3.47. The molecule has 138 valence electrons. The van der Waals surface area contributed by atoms with Gasteiger partial charge >= 0.3 is 0 Å². The van der Waals surface area contributed by atoms with E-state index in [-0.39, 0.29) is 29.5 Å². The number of fused-ring (bicyclic) bond motifs is 3. The van der Waals surface area contributed by atoms with Crippen LogP contribution in [0.5, 0.6) is 0 Å². The van der Waals surface area contributed by atoms with Gasteiger partial charge in [0, 0.05) is 19.2 Å². The minimum absolute atomic E-state index is 0.0495. The number of aromatic nitrogens is 3. The summed E-state index contributed by atoms with van der Waals surface area (Å²) in [6.07, 6.45) is 4.17. The van der Waals surface area contributed by atoms with Crippen LogP contribution in [0.3, 0.4) is 0 Å². The van der Waals surface area contributed by atoms with E-state index in [9.17, 15) is 14.0 Å². The van der Waals surface area contributed by atoms with Crippen molar-refractivity contribution in [3.63, 3.8) is 0 Å². The summed E-state index contributed by atoms with van der Waals surface area (Å²) in [6.45, 7) is 4.35. The van der Waals surface area contributed by atoms with Gasteiger partial charge in [0.05, 0.1) is 17.5 Å². The molecule has 0 spiro atoms. The molecule has 2 aromatic heterocycles. The van der Waals surface area contributed by atoms with Crippen molar-refractivity contribution in [2.45, 2.75) is 33.2 Å². The van der Waals surface area contributed by atoms with Gasteiger partial charge in [0.25, 0.3) is 5.91 Å². The molecule has 0 aliphatic heterocycles. The van der Waals surface area contributed by atoms with Gasteiger partial charge in [-0.3, -0.25) is 9.59 Å². The summed E-state index contributed by atoms with van der Waals surface area (Å²) >= 11 is 0. The number of ketones is 1. The van der Waals surface area contributed by atoms with Crippen molar-refractivity contribution in [1.29, 1.82) is 0 Å². The van der Waals surface area contributed by atoms with E-state index in [4.69, 9.17) is 0 Å². The molecule has 3 aromatic rings. The number of amides is 1. The second kappa shape index (κ2) is 6.26. The number of benzene rings is 1. The molecule has 1 amide bonds. The highest BCUT2D eigenvalue weighted by molar-refractivity contribution is 6.01. The lowest BCUT2D eigenvalue weighted by atomic mass is 9.76. The third kappa shape index (κ3) is 3.20. The molecule has 0 fully saturated rings. The molecule has 0 atom stereocenters. The van der Waals surface area contributed by atoms with E-state index >= 15 is 0 Å². The van der Waals surface area contributed by atoms with Crippen LogP contribution in [0.15, 0.2) is 36.7 Å². The maximum Gasteiger partial charge on any atom is 0.257 e. The third-order valence-corrected chi connectivity index (χ3v) is 4.82. The van der Waals surface area contributed by atoms with Crippen molar-refractivity contribution < 1.29 is 14.0 Å². The van der Waals surface area contributed by atoms with Crippen molar-refractivity contribution in [2.24, 2.45) is 5.41 Å². The lowest BCUT2D eigenvalue weighted by molar-refractivity contribution is 0.0907. The molecule has 4 rings (SSSR count). The molecule has 2 heterocycles. The van der Waals surface area contributed by atoms with Gasteiger partial charge in [0.2, 0.25) is 0 Å². The Morgan fingerprint density at radius 2 is 1.96 bits per heavy atom. The predicted molar refractivity (Wildman–Crippen MR) is 97.0 cm³/mol. The normalized spacial score (nSPS) is 15.6. The molecule has 0 saturated heterocycles. The Labute approximate surface area is 155 Å². The first kappa shape index (κ1) is 17.3. The van der Waals surface area contributed by atoms with E-state index in [1.807, 2.05) is 13.8 Å². The number of carbonyl (C=O) groups is 2. The van der Waals surface area contributed by atoms with E-state index in [0.29, 0.717) is 29.6 Å². The molecule has 1 aliphatic carbocycles. The Balaban J connectivity index is 1.63. The number of nitrogens with one attached hydrogen (secondary N) is 1. The smallest absolute Gasteiger partial charge is 0.257 e. The summed E-state index contributed by atoms with van der Waals surface area (Å²) in [5.74, 6) is -0.587. The first-order valence-electron chi connectivity index (χ1n) is 8.75. The molecule has 1 N–H and O–H groups in total. The number of hydrogen-bond donors (Lipinski definition) is 1. The van der Waals surface area contributed by atoms with Crippen molar-refractivity contribution in [3.8, 4) is 0 Å². The van der Waals surface area contributed by atoms with Gasteiger partial charge in [0.15, 0.2) is 11.4 Å². The fraction of sp³-hybridized carbons (Fsp3) is 0.300. The van der Waals surface area contributed by atoms with Crippen LogP contribution >= 0.6 is 0 Å². The lowest BCUT2D eigenvalue weighted by Crippen LogP contribution is -2.29. The zero-order valence-corrected chi connectivity index (χ0v) is 15.1. The summed E-state index contributed by atoms with van der Waals surface area (Å²) in [4.78, 5) is 29.3. The number of halogens is 1. The molecule has 1 aromatic carbocycles. The summed E-state index contributed by atoms with van der Waals surface area (Å²) < 4.78 is 14.6. The number of carbonyl (C=O) groups excluding carboxylic acids is 2. The summed E-state index contributed by atoms with van der Waals surface area (Å²) in [5.41, 5.74) is 2.77. The van der Waals surface area contributed by atoms with E-state index in [2.05, 4.69) is 15.4 Å². The Hall–Kier alpha value is -3.09. The van der Waals surface area contributed by atoms with Crippen LogP contribution in [0.25, 0.3) is 5.65 Å². The van der Waals surface area contributed by atoms with Gasteiger partial charge in [-0.15, -0.1) is 0 Å². The van der Waals surface area contributed by atoms with Crippen molar-refractivity contribution >= 4 is 17.3 Å². The summed E-state index contributed by atoms with van der Waals surface area (Å²) in [7, 11) is 0. The first-order valence-corrected chi connectivity index (χ1v) is 8.75. The highest BCUT2D eigenvalue weighted by Gasteiger charge is 2.33. The zero-order chi connectivity index (χ0) is 19.2. The van der Waals surface area contributed by atoms with E-state index in [1.54, 1.807) is 22.8 Å². The Kier molecular flexibility index (Phi) is 4.02. The predicted octanol–water partition coefficient (Wildman–Crippen LogP) is 2.95. The number of hydrogen-bond acceptors (Lipinski definition) is 4. The highest BCUT2D eigenvalue weighted by atomic mass is 19.1. The molecule has 0 bridgehead atoms. The standard InChI is InChI=1S/C20H19FN4O2/c1-20(2)7-16-14(17(26)8-20)10-22-18-15(11-24-25(16)18)19(27)23-9-12-3-5-13(21)6-4-12/h3-6,10-11H,7-9H2,1-2H3,(H,23,27). The van der Waals surface area contributed by atoms with Crippen LogP contribution < -0.4 is 5.32 Å². The van der Waals surface area contributed by atoms with Gasteiger partial charge in [-0.25, -0.2) is 13.9 Å². The van der Waals surface area contributed by atoms with Crippen LogP contribution in [0.2, 0.25) is 0 Å². The molecule has 7 heteroatoms. The van der Waals surface area contributed by atoms with Crippen LogP contribution in [-0.2, 0) is 13.0 Å². The molecular weight excluding hydrogens is 347 g/mol. The number of nitrogens with zero attached hydrogens (tertiary/aromatic N) is 3. The Morgan fingerprint density at radius 1 is 1.22 bits per heavy atom. The van der Waals surface area contributed by atoms with Crippen molar-refractivity contribution in [1.82, 2.24) is 19.9 Å². The SMILES string of the molecule is CC1(C)CC(=O)c2cnc3c(C(=O)NCc4ccc(F)cc4)cnn3c2C1. The highest BCUT2D eigenvalue weighted by Crippen LogP contribution is 2.34. The maximum absolute atomic E-state index is 13.0. The molecule has 0 radical (unpaired) electrons. The minimum Gasteiger partial charge on any atom is -0.348 e. The molecule has 27 heavy (non-hydrogen) atoms. The monoisotopic (exact) mass is 366 g/mol. The summed E-state index contributed by atoms with van der Waals surface area (Å²) in [6, 6.07) is 5.94. The molecule has 1 aliphatic rings. The van der Waals surface area contributed by atoms with Crippen LogP contribution in [0, 0.1) is 11.2 Å². The quantitative estimate of drug-likeness (QED) is 0.773. The topological polar surface area (TPSA) is 76.4 Å². The average Bonchev–Trinajstić information content (AvgIpc) is 3.04. The largest absolute Gasteiger partial charge is 0.348 e. The van der Waals surface area contributed by atoms with E-state index in [1.165, 1.54) is 18.3 Å². The van der Waals surface area contributed by atoms with Gasteiger partial charge in [-0.05, 0) is 29.5 Å². The third-order valence-electron chi connectivity index (χ3n) is 4.82. The number of Topliss-reactive ketones (excluding diaryl/α,β-unsaturated/α-hetero) is 1. The van der Waals surface area contributed by atoms with Crippen molar-refractivity contribution in [3.05, 3.63) is 64.9 Å². The lowest BCUT2D eigenvalue weighted by Gasteiger charge is -2.29. The average molecular weight is 366 g/mol. The van der Waals surface area contributed by atoms with Crippen LogP contribution in [0.4, 0.5) is 4.39 Å². The molecule has 0 unspecified atom stereocenters. The number of rotatable bonds is 3. The van der Waals surface area contributed by atoms with Crippen LogP contribution in [-0.4, -0.2) is 26.3 Å². The molecule has 6 nitrogen and oxygen atoms in total. The minimum atomic E-state index is -0.320. The first-order chi connectivity index (χ1) is 12.8. The van der Waals surface area contributed by atoms with E-state index in [0.717, 1.165) is 11.3 Å².